The van der Waals surface area contributed by atoms with Crippen molar-refractivity contribution >= 4 is 40.6 Å². The van der Waals surface area contributed by atoms with Crippen molar-refractivity contribution in [2.24, 2.45) is 0 Å². The van der Waals surface area contributed by atoms with Gasteiger partial charge < -0.3 is 14.7 Å². The topological polar surface area (TPSA) is 75.4 Å². The summed E-state index contributed by atoms with van der Waals surface area (Å²) in [5.41, 5.74) is 0.986. The zero-order chi connectivity index (χ0) is 18.7. The van der Waals surface area contributed by atoms with Gasteiger partial charge in [-0.2, -0.15) is 0 Å². The van der Waals surface area contributed by atoms with Gasteiger partial charge >= 0.3 is 0 Å². The van der Waals surface area contributed by atoms with Crippen LogP contribution in [0.5, 0.6) is 0 Å². The molecule has 0 fully saturated rings. The summed E-state index contributed by atoms with van der Waals surface area (Å²) in [4.78, 5) is 27.4. The summed E-state index contributed by atoms with van der Waals surface area (Å²) in [5.74, 6) is 0.359. The Morgan fingerprint density at radius 1 is 1.23 bits per heavy atom. The fourth-order valence-corrected chi connectivity index (χ4v) is 3.44. The Balaban J connectivity index is 1.63. The average molecular weight is 390 g/mol. The summed E-state index contributed by atoms with van der Waals surface area (Å²) < 4.78 is 4.89. The minimum absolute atomic E-state index is 0.0844. The third-order valence-corrected chi connectivity index (χ3v) is 4.94. The largest absolute Gasteiger partial charge is 0.360 e. The number of hydrogen-bond acceptors (Lipinski definition) is 5. The highest BCUT2D eigenvalue weighted by atomic mass is 35.5. The van der Waals surface area contributed by atoms with E-state index >= 15 is 0 Å². The van der Waals surface area contributed by atoms with E-state index in [1.54, 1.807) is 38.2 Å². The van der Waals surface area contributed by atoms with Crippen LogP contribution in [-0.4, -0.2) is 35.5 Å². The number of nitrogens with one attached hydrogen (secondary N) is 1. The molecule has 0 saturated carbocycles. The predicted molar refractivity (Wildman–Crippen MR) is 102 cm³/mol. The lowest BCUT2D eigenvalue weighted by molar-refractivity contribution is -0.116. The molecular weight excluding hydrogens is 374 g/mol. The van der Waals surface area contributed by atoms with E-state index in [0.29, 0.717) is 21.5 Å². The Bertz CT molecular complexity index is 933. The molecule has 134 valence electrons. The third kappa shape index (κ3) is 4.30. The van der Waals surface area contributed by atoms with Gasteiger partial charge in [-0.1, -0.05) is 28.9 Å². The number of carbonyl (C=O) groups is 2. The summed E-state index contributed by atoms with van der Waals surface area (Å²) >= 11 is 7.27. The maximum Gasteiger partial charge on any atom is 0.264 e. The molecule has 8 heteroatoms. The molecule has 1 aromatic carbocycles. The van der Waals surface area contributed by atoms with Crippen LogP contribution in [0, 0.1) is 6.92 Å². The van der Waals surface area contributed by atoms with E-state index in [0.717, 1.165) is 10.4 Å². The first kappa shape index (κ1) is 18.2. The second-order valence-electron chi connectivity index (χ2n) is 5.70. The van der Waals surface area contributed by atoms with Gasteiger partial charge in [-0.05, 0) is 36.8 Å². The summed E-state index contributed by atoms with van der Waals surface area (Å²) in [5, 5.41) is 6.94. The minimum atomic E-state index is -0.344. The number of aryl methyl sites for hydroxylation is 1. The number of hydrogen-bond donors (Lipinski definition) is 1. The molecule has 2 amide bonds. The minimum Gasteiger partial charge on any atom is -0.360 e. The number of amides is 2. The van der Waals surface area contributed by atoms with E-state index in [-0.39, 0.29) is 18.4 Å². The lowest BCUT2D eigenvalue weighted by atomic mass is 10.2. The number of nitrogens with zero attached hydrogens (tertiary/aromatic N) is 2. The van der Waals surface area contributed by atoms with Crippen LogP contribution in [-0.2, 0) is 4.79 Å². The zero-order valence-electron chi connectivity index (χ0n) is 14.2. The van der Waals surface area contributed by atoms with Crippen molar-refractivity contribution in [2.75, 3.05) is 18.9 Å². The monoisotopic (exact) mass is 389 g/mol. The predicted octanol–water partition coefficient (Wildman–Crippen LogP) is 4.08. The van der Waals surface area contributed by atoms with Gasteiger partial charge in [-0.15, -0.1) is 11.3 Å². The third-order valence-electron chi connectivity index (χ3n) is 3.57. The Labute approximate surface area is 159 Å². The van der Waals surface area contributed by atoms with Crippen molar-refractivity contribution in [2.45, 2.75) is 6.92 Å². The first-order chi connectivity index (χ1) is 12.4. The lowest BCUT2D eigenvalue weighted by Crippen LogP contribution is -2.34. The number of carbonyl (C=O) groups excluding carboxylic acids is 2. The molecule has 0 aliphatic rings. The summed E-state index contributed by atoms with van der Waals surface area (Å²) in [6.45, 7) is 1.65. The fraction of sp³-hybridized carbons (Fsp3) is 0.167. The van der Waals surface area contributed by atoms with Crippen LogP contribution in [0.4, 0.5) is 5.82 Å². The Morgan fingerprint density at radius 3 is 2.62 bits per heavy atom. The quantitative estimate of drug-likeness (QED) is 0.713. The van der Waals surface area contributed by atoms with Gasteiger partial charge in [-0.25, -0.2) is 0 Å². The molecule has 0 spiro atoms. The zero-order valence-corrected chi connectivity index (χ0v) is 15.7. The number of thiophene rings is 1. The SMILES string of the molecule is Cc1cc(NC(=O)CN(C)C(=O)c2ccc(-c3ccc(Cl)cc3)s2)no1. The van der Waals surface area contributed by atoms with Gasteiger partial charge in [0.1, 0.15) is 5.76 Å². The molecule has 2 heterocycles. The first-order valence-corrected chi connectivity index (χ1v) is 8.96. The van der Waals surface area contributed by atoms with Crippen LogP contribution in [0.15, 0.2) is 47.0 Å². The lowest BCUT2D eigenvalue weighted by Gasteiger charge is -2.15. The molecule has 6 nitrogen and oxygen atoms in total. The molecule has 26 heavy (non-hydrogen) atoms. The molecule has 0 aliphatic heterocycles. The molecule has 1 N–H and O–H groups in total. The maximum atomic E-state index is 12.5. The van der Waals surface area contributed by atoms with Crippen molar-refractivity contribution in [1.82, 2.24) is 10.1 Å². The molecule has 0 atom stereocenters. The van der Waals surface area contributed by atoms with Gasteiger partial charge in [0, 0.05) is 23.0 Å². The molecule has 0 radical (unpaired) electrons. The summed E-state index contributed by atoms with van der Waals surface area (Å²) in [6.07, 6.45) is 0. The number of halogens is 1. The number of anilines is 1. The summed E-state index contributed by atoms with van der Waals surface area (Å²) in [7, 11) is 1.58. The number of likely N-dealkylation sites (N-methyl/N-ethyl adjacent to an activating group) is 1. The number of benzene rings is 1. The highest BCUT2D eigenvalue weighted by molar-refractivity contribution is 7.17. The Hall–Kier alpha value is -2.64. The second-order valence-corrected chi connectivity index (χ2v) is 7.22. The molecular formula is C18H16ClN3O3S. The van der Waals surface area contributed by atoms with Crippen molar-refractivity contribution in [3.8, 4) is 10.4 Å². The molecule has 0 unspecified atom stereocenters. The number of aromatic nitrogens is 1. The molecule has 3 rings (SSSR count). The van der Waals surface area contributed by atoms with Gasteiger partial charge in [0.25, 0.3) is 5.91 Å². The molecule has 0 bridgehead atoms. The van der Waals surface area contributed by atoms with Gasteiger partial charge in [0.2, 0.25) is 5.91 Å². The summed E-state index contributed by atoms with van der Waals surface area (Å²) in [6, 6.07) is 12.7. The maximum absolute atomic E-state index is 12.5. The van der Waals surface area contributed by atoms with E-state index in [4.69, 9.17) is 16.1 Å². The number of rotatable bonds is 5. The van der Waals surface area contributed by atoms with E-state index in [2.05, 4.69) is 10.5 Å². The highest BCUT2D eigenvalue weighted by Gasteiger charge is 2.18. The average Bonchev–Trinajstić information content (AvgIpc) is 3.24. The van der Waals surface area contributed by atoms with Crippen molar-refractivity contribution in [3.05, 3.63) is 58.1 Å². The normalized spacial score (nSPS) is 10.6. The van der Waals surface area contributed by atoms with Crippen LogP contribution in [0.25, 0.3) is 10.4 Å². The Morgan fingerprint density at radius 2 is 1.96 bits per heavy atom. The van der Waals surface area contributed by atoms with E-state index in [9.17, 15) is 9.59 Å². The van der Waals surface area contributed by atoms with E-state index in [1.807, 2.05) is 18.2 Å². The standard InChI is InChI=1S/C18H16ClN3O3S/c1-11-9-16(21-25-11)20-17(23)10-22(2)18(24)15-8-7-14(26-15)12-3-5-13(19)6-4-12/h3-9H,10H2,1-2H3,(H,20,21,23). The first-order valence-electron chi connectivity index (χ1n) is 7.77. The second kappa shape index (κ2) is 7.72. The van der Waals surface area contributed by atoms with E-state index in [1.165, 1.54) is 16.2 Å². The highest BCUT2D eigenvalue weighted by Crippen LogP contribution is 2.29. The van der Waals surface area contributed by atoms with Crippen molar-refractivity contribution < 1.29 is 14.1 Å². The Kier molecular flexibility index (Phi) is 5.39. The van der Waals surface area contributed by atoms with Crippen LogP contribution < -0.4 is 5.32 Å². The molecule has 2 aromatic heterocycles. The molecule has 0 saturated heterocycles. The van der Waals surface area contributed by atoms with Gasteiger partial charge in [0.15, 0.2) is 5.82 Å². The van der Waals surface area contributed by atoms with Gasteiger partial charge in [-0.3, -0.25) is 9.59 Å². The smallest absolute Gasteiger partial charge is 0.264 e. The van der Waals surface area contributed by atoms with Crippen LogP contribution in [0.1, 0.15) is 15.4 Å². The van der Waals surface area contributed by atoms with Gasteiger partial charge in [0.05, 0.1) is 11.4 Å². The van der Waals surface area contributed by atoms with Crippen LogP contribution >= 0.6 is 22.9 Å². The van der Waals surface area contributed by atoms with Crippen molar-refractivity contribution in [1.29, 1.82) is 0 Å². The van der Waals surface area contributed by atoms with E-state index < -0.39 is 0 Å². The van der Waals surface area contributed by atoms with Crippen LogP contribution in [0.2, 0.25) is 5.02 Å². The molecule has 0 aliphatic carbocycles. The van der Waals surface area contributed by atoms with Crippen molar-refractivity contribution in [3.63, 3.8) is 0 Å². The molecule has 3 aromatic rings. The fourth-order valence-electron chi connectivity index (χ4n) is 2.31. The van der Waals surface area contributed by atoms with Crippen LogP contribution in [0.3, 0.4) is 0 Å².